The Labute approximate surface area is 162 Å². The number of aromatic nitrogens is 2. The molecule has 2 heterocycles. The van der Waals surface area contributed by atoms with E-state index in [1.165, 1.54) is 16.9 Å². The molecule has 2 aromatic carbocycles. The Bertz CT molecular complexity index is 1080. The van der Waals surface area contributed by atoms with E-state index in [1.807, 2.05) is 52.4 Å². The van der Waals surface area contributed by atoms with Crippen LogP contribution in [0.2, 0.25) is 0 Å². The van der Waals surface area contributed by atoms with Crippen molar-refractivity contribution in [1.82, 2.24) is 9.38 Å². The summed E-state index contributed by atoms with van der Waals surface area (Å²) in [6.07, 6.45) is 2.74. The summed E-state index contributed by atoms with van der Waals surface area (Å²) >= 11 is 1.51. The van der Waals surface area contributed by atoms with Crippen molar-refractivity contribution in [3.05, 3.63) is 76.9 Å². The van der Waals surface area contributed by atoms with Gasteiger partial charge in [-0.05, 0) is 29.2 Å². The van der Waals surface area contributed by atoms with Crippen LogP contribution in [0.3, 0.4) is 0 Å². The van der Waals surface area contributed by atoms with Crippen molar-refractivity contribution in [2.45, 2.75) is 26.4 Å². The highest BCUT2D eigenvalue weighted by Gasteiger charge is 2.19. The van der Waals surface area contributed by atoms with E-state index in [-0.39, 0.29) is 0 Å². The number of fused-ring (bicyclic) bond motifs is 1. The summed E-state index contributed by atoms with van der Waals surface area (Å²) < 4.78 is 7.95. The minimum Gasteiger partial charge on any atom is -0.488 e. The molecule has 0 atom stereocenters. The zero-order chi connectivity index (χ0) is 18.8. The van der Waals surface area contributed by atoms with Crippen LogP contribution in [0.15, 0.2) is 60.1 Å². The molecular weight excluding hydrogens is 356 g/mol. The molecule has 4 aromatic rings. The fraction of sp³-hybridized carbons (Fsp3) is 0.182. The standard InChI is InChI=1S/C22H20N2O2S/c1-15(2)17-8-9-20(26-14-16-6-4-3-5-7-16)18(12-17)21-19(13-25)24-10-11-27-22(24)23-21/h3-13,15H,14H2,1-2H3. The summed E-state index contributed by atoms with van der Waals surface area (Å²) in [5, 5.41) is 1.93. The molecule has 0 N–H and O–H groups in total. The Morgan fingerprint density at radius 1 is 1.19 bits per heavy atom. The van der Waals surface area contributed by atoms with Crippen LogP contribution in [0.5, 0.6) is 5.75 Å². The van der Waals surface area contributed by atoms with Gasteiger partial charge < -0.3 is 4.74 Å². The van der Waals surface area contributed by atoms with Gasteiger partial charge in [0.05, 0.1) is 0 Å². The van der Waals surface area contributed by atoms with Crippen LogP contribution in [-0.4, -0.2) is 15.7 Å². The molecule has 0 radical (unpaired) electrons. The molecule has 27 heavy (non-hydrogen) atoms. The predicted molar refractivity (Wildman–Crippen MR) is 109 cm³/mol. The Kier molecular flexibility index (Phi) is 4.77. The number of rotatable bonds is 6. The summed E-state index contributed by atoms with van der Waals surface area (Å²) in [7, 11) is 0. The maximum Gasteiger partial charge on any atom is 0.194 e. The van der Waals surface area contributed by atoms with Gasteiger partial charge >= 0.3 is 0 Å². The normalized spacial score (nSPS) is 11.2. The number of ether oxygens (including phenoxy) is 1. The van der Waals surface area contributed by atoms with E-state index in [0.717, 1.165) is 28.1 Å². The summed E-state index contributed by atoms with van der Waals surface area (Å²) in [6.45, 7) is 4.76. The molecule has 0 spiro atoms. The number of hydrogen-bond donors (Lipinski definition) is 0. The molecular formula is C22H20N2O2S. The molecule has 0 aliphatic rings. The predicted octanol–water partition coefficient (Wildman–Crippen LogP) is 5.58. The lowest BCUT2D eigenvalue weighted by molar-refractivity contribution is 0.111. The molecule has 136 valence electrons. The number of imidazole rings is 1. The van der Waals surface area contributed by atoms with Crippen LogP contribution in [-0.2, 0) is 6.61 Å². The molecule has 2 aromatic heterocycles. The van der Waals surface area contributed by atoms with E-state index in [0.29, 0.717) is 23.9 Å². The zero-order valence-electron chi connectivity index (χ0n) is 15.3. The van der Waals surface area contributed by atoms with E-state index in [4.69, 9.17) is 9.72 Å². The summed E-state index contributed by atoms with van der Waals surface area (Å²) in [6, 6.07) is 16.2. The SMILES string of the molecule is CC(C)c1ccc(OCc2ccccc2)c(-c2nc3sccn3c2C=O)c1. The Morgan fingerprint density at radius 2 is 2.00 bits per heavy atom. The topological polar surface area (TPSA) is 43.6 Å². The first kappa shape index (κ1) is 17.5. The van der Waals surface area contributed by atoms with E-state index >= 15 is 0 Å². The second kappa shape index (κ2) is 7.37. The molecule has 0 fully saturated rings. The summed E-state index contributed by atoms with van der Waals surface area (Å²) in [5.74, 6) is 1.10. The first-order valence-electron chi connectivity index (χ1n) is 8.89. The number of carbonyl (C=O) groups excluding carboxylic acids is 1. The molecule has 5 heteroatoms. The van der Waals surface area contributed by atoms with Gasteiger partial charge in [-0.1, -0.05) is 50.2 Å². The summed E-state index contributed by atoms with van der Waals surface area (Å²) in [4.78, 5) is 17.3. The lowest BCUT2D eigenvalue weighted by Crippen LogP contribution is -2.00. The van der Waals surface area contributed by atoms with Crippen LogP contribution in [0.4, 0.5) is 0 Å². The van der Waals surface area contributed by atoms with Crippen molar-refractivity contribution in [3.8, 4) is 17.0 Å². The maximum absolute atomic E-state index is 11.8. The van der Waals surface area contributed by atoms with Gasteiger partial charge in [-0.25, -0.2) is 4.98 Å². The van der Waals surface area contributed by atoms with Gasteiger partial charge in [0, 0.05) is 17.1 Å². The molecule has 0 bridgehead atoms. The van der Waals surface area contributed by atoms with Crippen LogP contribution >= 0.6 is 11.3 Å². The molecule has 4 rings (SSSR count). The number of aldehydes is 1. The zero-order valence-corrected chi connectivity index (χ0v) is 16.1. The van der Waals surface area contributed by atoms with E-state index in [2.05, 4.69) is 26.0 Å². The average Bonchev–Trinajstić information content (AvgIpc) is 3.27. The van der Waals surface area contributed by atoms with Crippen molar-refractivity contribution >= 4 is 22.6 Å². The van der Waals surface area contributed by atoms with Gasteiger partial charge in [-0.15, -0.1) is 11.3 Å². The molecule has 0 unspecified atom stereocenters. The van der Waals surface area contributed by atoms with Crippen molar-refractivity contribution < 1.29 is 9.53 Å². The van der Waals surface area contributed by atoms with E-state index in [9.17, 15) is 4.79 Å². The third kappa shape index (κ3) is 3.38. The fourth-order valence-corrected chi connectivity index (χ4v) is 3.79. The minimum absolute atomic E-state index is 0.371. The van der Waals surface area contributed by atoms with Gasteiger partial charge in [-0.3, -0.25) is 9.20 Å². The van der Waals surface area contributed by atoms with Crippen LogP contribution < -0.4 is 4.74 Å². The number of thiazole rings is 1. The quantitative estimate of drug-likeness (QED) is 0.413. The molecule has 0 saturated carbocycles. The lowest BCUT2D eigenvalue weighted by Gasteiger charge is -2.14. The van der Waals surface area contributed by atoms with Crippen molar-refractivity contribution in [2.75, 3.05) is 0 Å². The van der Waals surface area contributed by atoms with E-state index in [1.54, 1.807) is 0 Å². The van der Waals surface area contributed by atoms with Gasteiger partial charge in [0.2, 0.25) is 0 Å². The lowest BCUT2D eigenvalue weighted by atomic mass is 9.98. The summed E-state index contributed by atoms with van der Waals surface area (Å²) in [5.41, 5.74) is 4.36. The minimum atomic E-state index is 0.371. The first-order chi connectivity index (χ1) is 13.2. The van der Waals surface area contributed by atoms with Gasteiger partial charge in [-0.2, -0.15) is 0 Å². The van der Waals surface area contributed by atoms with Crippen molar-refractivity contribution in [1.29, 1.82) is 0 Å². The first-order valence-corrected chi connectivity index (χ1v) is 9.77. The number of nitrogens with zero attached hydrogens (tertiary/aromatic N) is 2. The van der Waals surface area contributed by atoms with Crippen molar-refractivity contribution in [3.63, 3.8) is 0 Å². The average molecular weight is 376 g/mol. The highest BCUT2D eigenvalue weighted by Crippen LogP contribution is 2.35. The highest BCUT2D eigenvalue weighted by molar-refractivity contribution is 7.15. The molecule has 0 aliphatic heterocycles. The van der Waals surface area contributed by atoms with Gasteiger partial charge in [0.1, 0.15) is 23.7 Å². The van der Waals surface area contributed by atoms with Gasteiger partial charge in [0.25, 0.3) is 0 Å². The fourth-order valence-electron chi connectivity index (χ4n) is 3.07. The van der Waals surface area contributed by atoms with Crippen LogP contribution in [0.1, 0.15) is 41.4 Å². The number of hydrogen-bond acceptors (Lipinski definition) is 4. The number of benzene rings is 2. The van der Waals surface area contributed by atoms with Crippen LogP contribution in [0.25, 0.3) is 16.2 Å². The molecule has 0 saturated heterocycles. The third-order valence-electron chi connectivity index (χ3n) is 4.57. The molecule has 0 amide bonds. The Morgan fingerprint density at radius 3 is 2.74 bits per heavy atom. The maximum atomic E-state index is 11.8. The second-order valence-electron chi connectivity index (χ2n) is 6.70. The third-order valence-corrected chi connectivity index (χ3v) is 5.33. The second-order valence-corrected chi connectivity index (χ2v) is 7.58. The largest absolute Gasteiger partial charge is 0.488 e. The Balaban J connectivity index is 1.79. The van der Waals surface area contributed by atoms with Crippen molar-refractivity contribution in [2.24, 2.45) is 0 Å². The number of carbonyl (C=O) groups is 1. The van der Waals surface area contributed by atoms with Gasteiger partial charge in [0.15, 0.2) is 11.2 Å². The van der Waals surface area contributed by atoms with E-state index < -0.39 is 0 Å². The Hall–Kier alpha value is -2.92. The monoisotopic (exact) mass is 376 g/mol. The van der Waals surface area contributed by atoms with Crippen LogP contribution in [0, 0.1) is 0 Å². The highest BCUT2D eigenvalue weighted by atomic mass is 32.1. The molecule has 0 aliphatic carbocycles. The smallest absolute Gasteiger partial charge is 0.194 e. The molecule has 4 nitrogen and oxygen atoms in total.